The lowest BCUT2D eigenvalue weighted by molar-refractivity contribution is 0.0600. The molecule has 0 aliphatic carbocycles. The quantitative estimate of drug-likeness (QED) is 0.354. The Hall–Kier alpha value is -2.04. The third-order valence-electron chi connectivity index (χ3n) is 2.64. The van der Waals surface area contributed by atoms with E-state index >= 15 is 0 Å². The summed E-state index contributed by atoms with van der Waals surface area (Å²) in [6, 6.07) is 7.12. The number of hydrogen-bond acceptors (Lipinski definition) is 3. The molecule has 0 saturated heterocycles. The molecule has 0 amide bonds. The molecule has 0 aliphatic rings. The number of benzene rings is 1. The van der Waals surface area contributed by atoms with Gasteiger partial charge in [0, 0.05) is 6.54 Å². The summed E-state index contributed by atoms with van der Waals surface area (Å²) in [4.78, 5) is 15.5. The highest BCUT2D eigenvalue weighted by molar-refractivity contribution is 5.89. The number of nitrogens with zero attached hydrogens (tertiary/aromatic N) is 1. The van der Waals surface area contributed by atoms with Gasteiger partial charge in [0.05, 0.1) is 19.2 Å². The fourth-order valence-electron chi connectivity index (χ4n) is 1.49. The minimum atomic E-state index is -0.337. The summed E-state index contributed by atoms with van der Waals surface area (Å²) in [5.74, 6) is 0.112. The van der Waals surface area contributed by atoms with Crippen LogP contribution in [-0.2, 0) is 11.3 Å². The monoisotopic (exact) mass is 263 g/mol. The van der Waals surface area contributed by atoms with Crippen molar-refractivity contribution in [3.63, 3.8) is 0 Å². The summed E-state index contributed by atoms with van der Waals surface area (Å²) in [7, 11) is 1.36. The van der Waals surface area contributed by atoms with Crippen LogP contribution < -0.4 is 11.1 Å². The predicted molar refractivity (Wildman–Crippen MR) is 76.0 cm³/mol. The molecule has 104 valence electrons. The second kappa shape index (κ2) is 8.13. The molecule has 3 N–H and O–H groups in total. The van der Waals surface area contributed by atoms with Crippen LogP contribution in [0.3, 0.4) is 0 Å². The van der Waals surface area contributed by atoms with Crippen LogP contribution in [0.15, 0.2) is 29.3 Å². The van der Waals surface area contributed by atoms with Crippen molar-refractivity contribution in [2.24, 2.45) is 10.7 Å². The molecule has 0 aromatic heterocycles. The van der Waals surface area contributed by atoms with E-state index in [0.29, 0.717) is 18.1 Å². The SMILES string of the molecule is CCCCNC(N)=NCc1ccc(C(=O)OC)cc1. The van der Waals surface area contributed by atoms with E-state index in [1.54, 1.807) is 12.1 Å². The molecule has 0 atom stereocenters. The molecule has 0 fully saturated rings. The van der Waals surface area contributed by atoms with Crippen molar-refractivity contribution in [3.8, 4) is 0 Å². The van der Waals surface area contributed by atoms with Crippen molar-refractivity contribution in [1.82, 2.24) is 5.32 Å². The molecular weight excluding hydrogens is 242 g/mol. The molecule has 0 bridgehead atoms. The van der Waals surface area contributed by atoms with Gasteiger partial charge < -0.3 is 15.8 Å². The van der Waals surface area contributed by atoms with Gasteiger partial charge in [-0.3, -0.25) is 0 Å². The van der Waals surface area contributed by atoms with Crippen LogP contribution in [-0.4, -0.2) is 25.6 Å². The van der Waals surface area contributed by atoms with Crippen molar-refractivity contribution in [1.29, 1.82) is 0 Å². The van der Waals surface area contributed by atoms with Crippen molar-refractivity contribution in [2.75, 3.05) is 13.7 Å². The van der Waals surface area contributed by atoms with E-state index < -0.39 is 0 Å². The Balaban J connectivity index is 2.49. The van der Waals surface area contributed by atoms with Crippen LogP contribution in [0.4, 0.5) is 0 Å². The first-order valence-electron chi connectivity index (χ1n) is 6.38. The Bertz CT molecular complexity index is 427. The molecule has 0 heterocycles. The lowest BCUT2D eigenvalue weighted by Gasteiger charge is -2.05. The molecule has 0 radical (unpaired) electrons. The van der Waals surface area contributed by atoms with Crippen LogP contribution in [0.25, 0.3) is 0 Å². The van der Waals surface area contributed by atoms with Gasteiger partial charge in [0.1, 0.15) is 0 Å². The van der Waals surface area contributed by atoms with Gasteiger partial charge in [0.15, 0.2) is 5.96 Å². The summed E-state index contributed by atoms with van der Waals surface area (Å²) in [5, 5.41) is 3.05. The maximum Gasteiger partial charge on any atom is 0.337 e. The molecule has 1 aromatic rings. The molecule has 5 heteroatoms. The largest absolute Gasteiger partial charge is 0.465 e. The molecule has 1 rings (SSSR count). The van der Waals surface area contributed by atoms with Gasteiger partial charge in [0.2, 0.25) is 0 Å². The highest BCUT2D eigenvalue weighted by atomic mass is 16.5. The molecular formula is C14H21N3O2. The van der Waals surface area contributed by atoms with Crippen LogP contribution in [0.1, 0.15) is 35.7 Å². The van der Waals surface area contributed by atoms with Gasteiger partial charge in [0.25, 0.3) is 0 Å². The van der Waals surface area contributed by atoms with Crippen LogP contribution in [0.5, 0.6) is 0 Å². The summed E-state index contributed by atoms with van der Waals surface area (Å²) >= 11 is 0. The van der Waals surface area contributed by atoms with Gasteiger partial charge in [-0.2, -0.15) is 0 Å². The molecule has 19 heavy (non-hydrogen) atoms. The maximum atomic E-state index is 11.3. The average molecular weight is 263 g/mol. The standard InChI is InChI=1S/C14H21N3O2/c1-3-4-9-16-14(15)17-10-11-5-7-12(8-6-11)13(18)19-2/h5-8H,3-4,9-10H2,1-2H3,(H3,15,16,17). The number of esters is 1. The Kier molecular flexibility index (Phi) is 6.43. The minimum Gasteiger partial charge on any atom is -0.465 e. The number of carbonyl (C=O) groups excluding carboxylic acids is 1. The second-order valence-electron chi connectivity index (χ2n) is 4.17. The fraction of sp³-hybridized carbons (Fsp3) is 0.429. The highest BCUT2D eigenvalue weighted by Crippen LogP contribution is 2.06. The zero-order chi connectivity index (χ0) is 14.1. The van der Waals surface area contributed by atoms with Crippen LogP contribution >= 0.6 is 0 Å². The van der Waals surface area contributed by atoms with Crippen molar-refractivity contribution in [3.05, 3.63) is 35.4 Å². The third kappa shape index (κ3) is 5.42. The molecule has 0 unspecified atom stereocenters. The molecule has 0 saturated carbocycles. The smallest absolute Gasteiger partial charge is 0.337 e. The van der Waals surface area contributed by atoms with E-state index in [4.69, 9.17) is 5.73 Å². The number of methoxy groups -OCH3 is 1. The fourth-order valence-corrected chi connectivity index (χ4v) is 1.49. The molecule has 5 nitrogen and oxygen atoms in total. The molecule has 0 aliphatic heterocycles. The zero-order valence-electron chi connectivity index (χ0n) is 11.5. The van der Waals surface area contributed by atoms with Gasteiger partial charge in [-0.1, -0.05) is 25.5 Å². The summed E-state index contributed by atoms with van der Waals surface area (Å²) in [6.07, 6.45) is 2.19. The van der Waals surface area contributed by atoms with E-state index in [-0.39, 0.29) is 5.97 Å². The second-order valence-corrected chi connectivity index (χ2v) is 4.17. The highest BCUT2D eigenvalue weighted by Gasteiger charge is 2.03. The molecule has 0 spiro atoms. The Morgan fingerprint density at radius 1 is 1.37 bits per heavy atom. The van der Waals surface area contributed by atoms with E-state index in [9.17, 15) is 4.79 Å². The number of rotatable bonds is 6. The minimum absolute atomic E-state index is 0.337. The number of nitrogens with one attached hydrogen (secondary N) is 1. The van der Waals surface area contributed by atoms with Gasteiger partial charge in [-0.15, -0.1) is 0 Å². The summed E-state index contributed by atoms with van der Waals surface area (Å²) in [6.45, 7) is 3.46. The molecule has 1 aromatic carbocycles. The first kappa shape index (κ1) is 15.0. The third-order valence-corrected chi connectivity index (χ3v) is 2.64. The Morgan fingerprint density at radius 3 is 2.63 bits per heavy atom. The first-order chi connectivity index (χ1) is 9.17. The van der Waals surface area contributed by atoms with E-state index in [1.165, 1.54) is 7.11 Å². The van der Waals surface area contributed by atoms with Gasteiger partial charge in [-0.05, 0) is 24.1 Å². The van der Waals surface area contributed by atoms with E-state index in [0.717, 1.165) is 24.9 Å². The van der Waals surface area contributed by atoms with Crippen LogP contribution in [0.2, 0.25) is 0 Å². The van der Waals surface area contributed by atoms with Crippen LogP contribution in [0, 0.1) is 0 Å². The number of ether oxygens (including phenoxy) is 1. The lowest BCUT2D eigenvalue weighted by Crippen LogP contribution is -2.32. The number of aliphatic imine (C=N–C) groups is 1. The number of unbranched alkanes of at least 4 members (excludes halogenated alkanes) is 1. The van der Waals surface area contributed by atoms with Crippen molar-refractivity contribution >= 4 is 11.9 Å². The Labute approximate surface area is 113 Å². The van der Waals surface area contributed by atoms with Gasteiger partial charge in [-0.25, -0.2) is 9.79 Å². The van der Waals surface area contributed by atoms with Gasteiger partial charge >= 0.3 is 5.97 Å². The van der Waals surface area contributed by atoms with Crippen molar-refractivity contribution < 1.29 is 9.53 Å². The summed E-state index contributed by atoms with van der Waals surface area (Å²) in [5.41, 5.74) is 7.25. The average Bonchev–Trinajstić information content (AvgIpc) is 2.45. The number of nitrogens with two attached hydrogens (primary N) is 1. The topological polar surface area (TPSA) is 76.7 Å². The Morgan fingerprint density at radius 2 is 2.05 bits per heavy atom. The first-order valence-corrected chi connectivity index (χ1v) is 6.38. The summed E-state index contributed by atoms with van der Waals surface area (Å²) < 4.78 is 4.63. The van der Waals surface area contributed by atoms with E-state index in [2.05, 4.69) is 22.0 Å². The predicted octanol–water partition coefficient (Wildman–Crippen LogP) is 1.68. The maximum absolute atomic E-state index is 11.3. The lowest BCUT2D eigenvalue weighted by atomic mass is 10.1. The van der Waals surface area contributed by atoms with Crippen molar-refractivity contribution in [2.45, 2.75) is 26.3 Å². The number of guanidine groups is 1. The number of hydrogen-bond donors (Lipinski definition) is 2. The number of carbonyl (C=O) groups is 1. The zero-order valence-corrected chi connectivity index (χ0v) is 11.5. The van der Waals surface area contributed by atoms with E-state index in [1.807, 2.05) is 12.1 Å². The normalized spacial score (nSPS) is 11.2.